The molecule has 3 rings (SSSR count). The lowest BCUT2D eigenvalue weighted by molar-refractivity contribution is -0.384. The molecule has 3 aromatic rings. The number of hydrogen-bond acceptors (Lipinski definition) is 3. The molecule has 1 heterocycles. The zero-order chi connectivity index (χ0) is 14.8. The summed E-state index contributed by atoms with van der Waals surface area (Å²) in [5.41, 5.74) is 4.15. The Labute approximate surface area is 121 Å². The van der Waals surface area contributed by atoms with E-state index in [-0.39, 0.29) is 10.6 Å². The SMILES string of the molecule is Cc1cc([N+](=O)[O-])ccc1NCc1ccc2cc[nH]c2c1. The average molecular weight is 281 g/mol. The predicted molar refractivity (Wildman–Crippen MR) is 83.5 cm³/mol. The van der Waals surface area contributed by atoms with Crippen molar-refractivity contribution in [3.05, 3.63) is 69.9 Å². The molecule has 0 amide bonds. The van der Waals surface area contributed by atoms with Gasteiger partial charge in [-0.05, 0) is 41.6 Å². The number of aromatic amines is 1. The van der Waals surface area contributed by atoms with Crippen molar-refractivity contribution >= 4 is 22.3 Å². The Morgan fingerprint density at radius 2 is 2.05 bits per heavy atom. The molecule has 0 unspecified atom stereocenters. The molecule has 0 aliphatic rings. The zero-order valence-corrected chi connectivity index (χ0v) is 11.6. The lowest BCUT2D eigenvalue weighted by Gasteiger charge is -2.09. The maximum atomic E-state index is 10.7. The van der Waals surface area contributed by atoms with Crippen LogP contribution < -0.4 is 5.32 Å². The molecule has 0 bridgehead atoms. The Balaban J connectivity index is 1.76. The number of aromatic nitrogens is 1. The van der Waals surface area contributed by atoms with E-state index in [2.05, 4.69) is 28.5 Å². The Morgan fingerprint density at radius 1 is 1.19 bits per heavy atom. The quantitative estimate of drug-likeness (QED) is 0.561. The molecule has 0 saturated carbocycles. The van der Waals surface area contributed by atoms with Gasteiger partial charge in [0.1, 0.15) is 0 Å². The van der Waals surface area contributed by atoms with E-state index in [0.717, 1.165) is 22.3 Å². The molecule has 1 aromatic heterocycles. The highest BCUT2D eigenvalue weighted by Crippen LogP contribution is 2.22. The van der Waals surface area contributed by atoms with Crippen molar-refractivity contribution in [2.75, 3.05) is 5.32 Å². The van der Waals surface area contributed by atoms with Crippen molar-refractivity contribution in [1.29, 1.82) is 0 Å². The van der Waals surface area contributed by atoms with Crippen LogP contribution in [-0.2, 0) is 6.54 Å². The van der Waals surface area contributed by atoms with Crippen LogP contribution in [0.15, 0.2) is 48.7 Å². The van der Waals surface area contributed by atoms with Crippen LogP contribution in [0.4, 0.5) is 11.4 Å². The third-order valence-corrected chi connectivity index (χ3v) is 3.52. The van der Waals surface area contributed by atoms with Gasteiger partial charge in [0.2, 0.25) is 0 Å². The first kappa shape index (κ1) is 13.2. The van der Waals surface area contributed by atoms with Gasteiger partial charge in [-0.2, -0.15) is 0 Å². The van der Waals surface area contributed by atoms with Gasteiger partial charge in [0.15, 0.2) is 0 Å². The minimum atomic E-state index is -0.379. The van der Waals surface area contributed by atoms with Crippen LogP contribution in [0.2, 0.25) is 0 Å². The summed E-state index contributed by atoms with van der Waals surface area (Å²) in [5, 5.41) is 15.2. The van der Waals surface area contributed by atoms with Gasteiger partial charge in [-0.15, -0.1) is 0 Å². The summed E-state index contributed by atoms with van der Waals surface area (Å²) >= 11 is 0. The van der Waals surface area contributed by atoms with Crippen molar-refractivity contribution in [3.63, 3.8) is 0 Å². The molecular weight excluding hydrogens is 266 g/mol. The standard InChI is InChI=1S/C16H15N3O2/c1-11-8-14(19(20)21)4-5-15(11)18-10-12-2-3-13-6-7-17-16(13)9-12/h2-9,17-18H,10H2,1H3. The number of nitrogens with one attached hydrogen (secondary N) is 2. The van der Waals surface area contributed by atoms with Gasteiger partial charge < -0.3 is 10.3 Å². The maximum Gasteiger partial charge on any atom is 0.269 e. The second-order valence-electron chi connectivity index (χ2n) is 5.01. The summed E-state index contributed by atoms with van der Waals surface area (Å²) in [4.78, 5) is 13.5. The van der Waals surface area contributed by atoms with E-state index < -0.39 is 0 Å². The third kappa shape index (κ3) is 2.72. The number of nitro benzene ring substituents is 1. The van der Waals surface area contributed by atoms with Crippen molar-refractivity contribution in [1.82, 2.24) is 4.98 Å². The molecular formula is C16H15N3O2. The highest BCUT2D eigenvalue weighted by molar-refractivity contribution is 5.79. The van der Waals surface area contributed by atoms with Gasteiger partial charge in [0.25, 0.3) is 5.69 Å². The topological polar surface area (TPSA) is 71.0 Å². The number of hydrogen-bond donors (Lipinski definition) is 2. The fourth-order valence-electron chi connectivity index (χ4n) is 2.36. The normalized spacial score (nSPS) is 10.7. The van der Waals surface area contributed by atoms with Gasteiger partial charge in [0, 0.05) is 36.1 Å². The first-order valence-electron chi connectivity index (χ1n) is 6.68. The molecule has 2 aromatic carbocycles. The summed E-state index contributed by atoms with van der Waals surface area (Å²) < 4.78 is 0. The summed E-state index contributed by atoms with van der Waals surface area (Å²) in [6.07, 6.45) is 1.92. The van der Waals surface area contributed by atoms with Crippen LogP contribution in [0.1, 0.15) is 11.1 Å². The zero-order valence-electron chi connectivity index (χ0n) is 11.6. The predicted octanol–water partition coefficient (Wildman–Crippen LogP) is 4.00. The third-order valence-electron chi connectivity index (χ3n) is 3.52. The van der Waals surface area contributed by atoms with E-state index in [1.54, 1.807) is 12.1 Å². The summed E-state index contributed by atoms with van der Waals surface area (Å²) in [6, 6.07) is 13.1. The van der Waals surface area contributed by atoms with Crippen LogP contribution in [-0.4, -0.2) is 9.91 Å². The summed E-state index contributed by atoms with van der Waals surface area (Å²) in [7, 11) is 0. The van der Waals surface area contributed by atoms with Crippen LogP contribution in [0.5, 0.6) is 0 Å². The second-order valence-corrected chi connectivity index (χ2v) is 5.01. The van der Waals surface area contributed by atoms with E-state index in [1.165, 1.54) is 11.5 Å². The van der Waals surface area contributed by atoms with Crippen molar-refractivity contribution in [3.8, 4) is 0 Å². The molecule has 0 saturated heterocycles. The molecule has 21 heavy (non-hydrogen) atoms. The van der Waals surface area contributed by atoms with Crippen molar-refractivity contribution < 1.29 is 4.92 Å². The monoisotopic (exact) mass is 281 g/mol. The number of H-pyrrole nitrogens is 1. The molecule has 0 aliphatic carbocycles. The van der Waals surface area contributed by atoms with E-state index in [9.17, 15) is 10.1 Å². The van der Waals surface area contributed by atoms with Crippen LogP contribution >= 0.6 is 0 Å². The van der Waals surface area contributed by atoms with E-state index in [4.69, 9.17) is 0 Å². The molecule has 5 heteroatoms. The lowest BCUT2D eigenvalue weighted by atomic mass is 10.1. The fourth-order valence-corrected chi connectivity index (χ4v) is 2.36. The first-order chi connectivity index (χ1) is 10.1. The molecule has 2 N–H and O–H groups in total. The van der Waals surface area contributed by atoms with Crippen molar-refractivity contribution in [2.45, 2.75) is 13.5 Å². The highest BCUT2D eigenvalue weighted by Gasteiger charge is 2.07. The van der Waals surface area contributed by atoms with Gasteiger partial charge in [0.05, 0.1) is 4.92 Å². The van der Waals surface area contributed by atoms with Gasteiger partial charge in [-0.1, -0.05) is 12.1 Å². The maximum absolute atomic E-state index is 10.7. The highest BCUT2D eigenvalue weighted by atomic mass is 16.6. The lowest BCUT2D eigenvalue weighted by Crippen LogP contribution is -2.01. The number of non-ortho nitro benzene ring substituents is 1. The molecule has 0 aliphatic heterocycles. The number of nitro groups is 1. The fraction of sp³-hybridized carbons (Fsp3) is 0.125. The van der Waals surface area contributed by atoms with E-state index in [1.807, 2.05) is 19.2 Å². The smallest absolute Gasteiger partial charge is 0.269 e. The largest absolute Gasteiger partial charge is 0.381 e. The van der Waals surface area contributed by atoms with E-state index >= 15 is 0 Å². The number of benzene rings is 2. The minimum Gasteiger partial charge on any atom is -0.381 e. The molecule has 0 radical (unpaired) electrons. The van der Waals surface area contributed by atoms with Gasteiger partial charge in [-0.3, -0.25) is 10.1 Å². The Hall–Kier alpha value is -2.82. The number of aryl methyl sites for hydroxylation is 1. The number of rotatable bonds is 4. The van der Waals surface area contributed by atoms with Gasteiger partial charge >= 0.3 is 0 Å². The minimum absolute atomic E-state index is 0.117. The Bertz CT molecular complexity index is 808. The molecule has 5 nitrogen and oxygen atoms in total. The van der Waals surface area contributed by atoms with E-state index in [0.29, 0.717) is 6.54 Å². The van der Waals surface area contributed by atoms with Gasteiger partial charge in [-0.25, -0.2) is 0 Å². The Morgan fingerprint density at radius 3 is 2.81 bits per heavy atom. The summed E-state index contributed by atoms with van der Waals surface area (Å²) in [5.74, 6) is 0. The second kappa shape index (κ2) is 5.28. The molecule has 0 atom stereocenters. The van der Waals surface area contributed by atoms with Crippen molar-refractivity contribution in [2.24, 2.45) is 0 Å². The Kier molecular flexibility index (Phi) is 3.31. The first-order valence-corrected chi connectivity index (χ1v) is 6.68. The van der Waals surface area contributed by atoms with Crippen LogP contribution in [0.25, 0.3) is 10.9 Å². The van der Waals surface area contributed by atoms with Crippen LogP contribution in [0, 0.1) is 17.0 Å². The molecule has 0 spiro atoms. The summed E-state index contributed by atoms with van der Waals surface area (Å²) in [6.45, 7) is 2.54. The molecule has 0 fully saturated rings. The number of anilines is 1. The number of nitrogens with zero attached hydrogens (tertiary/aromatic N) is 1. The number of fused-ring (bicyclic) bond motifs is 1. The molecule has 106 valence electrons. The average Bonchev–Trinajstić information content (AvgIpc) is 2.93. The van der Waals surface area contributed by atoms with Crippen LogP contribution in [0.3, 0.4) is 0 Å².